The number of ketones is 1. The van der Waals surface area contributed by atoms with Gasteiger partial charge in [-0.25, -0.2) is 0 Å². The quantitative estimate of drug-likeness (QED) is 0.860. The van der Waals surface area contributed by atoms with Crippen LogP contribution in [-0.4, -0.2) is 11.7 Å². The van der Waals surface area contributed by atoms with Crippen LogP contribution >= 0.6 is 0 Å². The van der Waals surface area contributed by atoms with E-state index in [0.717, 1.165) is 18.4 Å². The van der Waals surface area contributed by atoms with Gasteiger partial charge in [-0.05, 0) is 36.8 Å². The van der Waals surface area contributed by atoms with E-state index in [0.29, 0.717) is 5.92 Å². The van der Waals surface area contributed by atoms with E-state index < -0.39 is 0 Å². The molecule has 0 saturated heterocycles. The molecular formula is C14H17NO2. The summed E-state index contributed by atoms with van der Waals surface area (Å²) < 4.78 is 6.74. The molecule has 1 saturated carbocycles. The van der Waals surface area contributed by atoms with Crippen molar-refractivity contribution in [2.24, 2.45) is 11.6 Å². The first kappa shape index (κ1) is 10.5. The van der Waals surface area contributed by atoms with Crippen LogP contribution in [0.5, 0.6) is 0 Å². The van der Waals surface area contributed by atoms with Crippen LogP contribution in [0, 0.1) is 5.92 Å². The third kappa shape index (κ3) is 2.54. The molecule has 0 aliphatic heterocycles. The highest BCUT2D eigenvalue weighted by Crippen LogP contribution is 2.42. The van der Waals surface area contributed by atoms with Crippen LogP contribution in [0.15, 0.2) is 24.3 Å². The molecule has 1 fully saturated rings. The first-order valence-corrected chi connectivity index (χ1v) is 5.91. The number of Topliss-reactive ketones (excluding diaryl/α,β-unsaturated/α-hetero) is 1. The Morgan fingerprint density at radius 2 is 2.06 bits per heavy atom. The van der Waals surface area contributed by atoms with Gasteiger partial charge in [0, 0.05) is 5.92 Å². The SMILES string of the molecule is [2H]NC(=O)Cc1ccc(C2CCC2C(C)=O)cc1. The van der Waals surface area contributed by atoms with E-state index in [4.69, 9.17) is 1.41 Å². The monoisotopic (exact) mass is 232 g/mol. The lowest BCUT2D eigenvalue weighted by Gasteiger charge is -2.35. The smallest absolute Gasteiger partial charge is 0.221 e. The molecule has 3 heteroatoms. The van der Waals surface area contributed by atoms with Gasteiger partial charge in [0.25, 0.3) is 0 Å². The van der Waals surface area contributed by atoms with Crippen molar-refractivity contribution in [2.75, 3.05) is 0 Å². The van der Waals surface area contributed by atoms with E-state index in [-0.39, 0.29) is 24.0 Å². The fourth-order valence-corrected chi connectivity index (χ4v) is 2.45. The average Bonchev–Trinajstić information content (AvgIpc) is 2.29. The number of amides is 1. The number of rotatable bonds is 4. The summed E-state index contributed by atoms with van der Waals surface area (Å²) in [5, 5.41) is 0. The summed E-state index contributed by atoms with van der Waals surface area (Å²) in [7, 11) is 0. The molecule has 17 heavy (non-hydrogen) atoms. The van der Waals surface area contributed by atoms with Gasteiger partial charge in [0.1, 0.15) is 5.78 Å². The van der Waals surface area contributed by atoms with Crippen molar-refractivity contribution in [1.82, 2.24) is 0 Å². The highest BCUT2D eigenvalue weighted by atomic mass is 16.1. The van der Waals surface area contributed by atoms with Crippen molar-refractivity contribution < 1.29 is 11.0 Å². The summed E-state index contributed by atoms with van der Waals surface area (Å²) in [6.45, 7) is 1.66. The lowest BCUT2D eigenvalue weighted by Crippen LogP contribution is -2.29. The van der Waals surface area contributed by atoms with Crippen molar-refractivity contribution in [3.05, 3.63) is 35.4 Å². The molecule has 0 aromatic heterocycles. The molecule has 2 rings (SSSR count). The molecule has 2 unspecified atom stereocenters. The molecule has 2 N–H and O–H groups in total. The number of nitrogens with two attached hydrogens (primary N) is 1. The van der Waals surface area contributed by atoms with Crippen molar-refractivity contribution in [1.29, 1.82) is 0 Å². The standard InChI is InChI=1S/C14H17NO2/c1-9(16)12-6-7-13(12)11-4-2-10(3-5-11)8-14(15)17/h2-5,12-13H,6-8H2,1H3,(H2,15,17)/i/hD. The fourth-order valence-electron chi connectivity index (χ4n) is 2.45. The van der Waals surface area contributed by atoms with E-state index in [1.54, 1.807) is 6.92 Å². The summed E-state index contributed by atoms with van der Waals surface area (Å²) in [5.41, 5.74) is 3.93. The molecule has 1 aromatic carbocycles. The summed E-state index contributed by atoms with van der Waals surface area (Å²) in [6.07, 6.45) is 2.28. The Morgan fingerprint density at radius 1 is 1.35 bits per heavy atom. The van der Waals surface area contributed by atoms with Gasteiger partial charge in [0.15, 0.2) is 1.41 Å². The molecule has 0 radical (unpaired) electrons. The Kier molecular flexibility index (Phi) is 2.90. The minimum atomic E-state index is -0.312. The Hall–Kier alpha value is -1.64. The van der Waals surface area contributed by atoms with Gasteiger partial charge in [-0.3, -0.25) is 9.59 Å². The number of hydrogen-bond acceptors (Lipinski definition) is 2. The average molecular weight is 232 g/mol. The topological polar surface area (TPSA) is 60.2 Å². The molecule has 2 atom stereocenters. The Balaban J connectivity index is 2.04. The Morgan fingerprint density at radius 3 is 2.53 bits per heavy atom. The number of primary amides is 1. The third-order valence-electron chi connectivity index (χ3n) is 3.57. The van der Waals surface area contributed by atoms with Crippen LogP contribution in [-0.2, 0) is 16.0 Å². The van der Waals surface area contributed by atoms with Crippen LogP contribution < -0.4 is 5.73 Å². The minimum absolute atomic E-state index is 0.174. The minimum Gasteiger partial charge on any atom is -0.369 e. The molecule has 90 valence electrons. The van der Waals surface area contributed by atoms with Gasteiger partial charge in [-0.2, -0.15) is 0 Å². The van der Waals surface area contributed by atoms with E-state index in [2.05, 4.69) is 0 Å². The maximum atomic E-state index is 11.4. The molecule has 0 spiro atoms. The first-order valence-electron chi connectivity index (χ1n) is 6.41. The zero-order valence-corrected chi connectivity index (χ0v) is 9.90. The molecule has 0 bridgehead atoms. The van der Waals surface area contributed by atoms with Crippen LogP contribution in [0.3, 0.4) is 0 Å². The van der Waals surface area contributed by atoms with Crippen molar-refractivity contribution in [3.63, 3.8) is 0 Å². The zero-order chi connectivity index (χ0) is 13.1. The normalized spacial score (nSPS) is 23.5. The maximum absolute atomic E-state index is 11.4. The Labute approximate surface area is 102 Å². The largest absolute Gasteiger partial charge is 0.369 e. The van der Waals surface area contributed by atoms with Crippen LogP contribution in [0.25, 0.3) is 0 Å². The van der Waals surface area contributed by atoms with Gasteiger partial charge < -0.3 is 5.73 Å². The molecule has 1 aliphatic rings. The molecule has 1 aliphatic carbocycles. The number of hydrogen-bond donors (Lipinski definition) is 1. The third-order valence-corrected chi connectivity index (χ3v) is 3.57. The van der Waals surface area contributed by atoms with Gasteiger partial charge >= 0.3 is 0 Å². The van der Waals surface area contributed by atoms with Gasteiger partial charge in [-0.1, -0.05) is 24.3 Å². The van der Waals surface area contributed by atoms with Crippen LogP contribution in [0.4, 0.5) is 0 Å². The second-order valence-electron chi connectivity index (χ2n) is 4.74. The summed E-state index contributed by atoms with van der Waals surface area (Å²) in [6, 6.07) is 7.79. The molecule has 1 aromatic rings. The lowest BCUT2D eigenvalue weighted by molar-refractivity contribution is -0.124. The van der Waals surface area contributed by atoms with Gasteiger partial charge in [0.2, 0.25) is 5.91 Å². The Bertz CT molecular complexity index is 455. The molecule has 0 heterocycles. The predicted molar refractivity (Wildman–Crippen MR) is 65.5 cm³/mol. The van der Waals surface area contributed by atoms with Gasteiger partial charge in [-0.15, -0.1) is 0 Å². The number of carbonyl (C=O) groups excluding carboxylic acids is 2. The lowest BCUT2D eigenvalue weighted by atomic mass is 9.68. The maximum Gasteiger partial charge on any atom is 0.221 e. The molecule has 3 nitrogen and oxygen atoms in total. The summed E-state index contributed by atoms with van der Waals surface area (Å²) in [4.78, 5) is 22.5. The second-order valence-corrected chi connectivity index (χ2v) is 4.74. The molecular weight excluding hydrogens is 214 g/mol. The molecule has 1 amide bonds. The first-order chi connectivity index (χ1) is 8.61. The fraction of sp³-hybridized carbons (Fsp3) is 0.429. The van der Waals surface area contributed by atoms with E-state index in [1.165, 1.54) is 5.56 Å². The van der Waals surface area contributed by atoms with E-state index in [1.807, 2.05) is 30.0 Å². The van der Waals surface area contributed by atoms with E-state index in [9.17, 15) is 9.59 Å². The van der Waals surface area contributed by atoms with Crippen molar-refractivity contribution in [3.8, 4) is 0 Å². The zero-order valence-electron chi connectivity index (χ0n) is 10.9. The summed E-state index contributed by atoms with van der Waals surface area (Å²) in [5.74, 6) is 0.478. The van der Waals surface area contributed by atoms with Crippen LogP contribution in [0.2, 0.25) is 1.41 Å². The highest BCUT2D eigenvalue weighted by Gasteiger charge is 2.34. The second kappa shape index (κ2) is 4.70. The van der Waals surface area contributed by atoms with Crippen LogP contribution in [0.1, 0.15) is 36.8 Å². The summed E-state index contributed by atoms with van der Waals surface area (Å²) >= 11 is 0. The number of benzene rings is 1. The highest BCUT2D eigenvalue weighted by molar-refractivity contribution is 5.80. The van der Waals surface area contributed by atoms with Crippen molar-refractivity contribution in [2.45, 2.75) is 32.1 Å². The number of carbonyl (C=O) groups is 2. The van der Waals surface area contributed by atoms with Gasteiger partial charge in [0.05, 0.1) is 6.42 Å². The predicted octanol–water partition coefficient (Wildman–Crippen LogP) is 1.80. The van der Waals surface area contributed by atoms with Crippen molar-refractivity contribution >= 4 is 11.7 Å². The van der Waals surface area contributed by atoms with E-state index >= 15 is 0 Å².